The van der Waals surface area contributed by atoms with Crippen LogP contribution < -0.4 is 5.01 Å². The molecule has 0 bridgehead atoms. The summed E-state index contributed by atoms with van der Waals surface area (Å²) in [6, 6.07) is 20.3. The van der Waals surface area contributed by atoms with Crippen LogP contribution in [-0.4, -0.2) is 48.4 Å². The van der Waals surface area contributed by atoms with Crippen LogP contribution in [0.4, 0.5) is 5.69 Å². The van der Waals surface area contributed by atoms with E-state index in [1.54, 1.807) is 10.0 Å². The van der Waals surface area contributed by atoms with Crippen molar-refractivity contribution in [1.29, 1.82) is 0 Å². The van der Waals surface area contributed by atoms with Gasteiger partial charge in [0.25, 0.3) is 0 Å². The van der Waals surface area contributed by atoms with E-state index in [2.05, 4.69) is 24.3 Å². The van der Waals surface area contributed by atoms with Crippen molar-refractivity contribution in [2.75, 3.05) is 31.7 Å². The molecule has 5 nitrogen and oxygen atoms in total. The van der Waals surface area contributed by atoms with Gasteiger partial charge in [-0.2, -0.15) is 0 Å². The van der Waals surface area contributed by atoms with E-state index in [1.807, 2.05) is 55.3 Å². The van der Waals surface area contributed by atoms with Crippen molar-refractivity contribution in [3.05, 3.63) is 66.2 Å². The van der Waals surface area contributed by atoms with Gasteiger partial charge in [0.2, 0.25) is 11.8 Å². The van der Waals surface area contributed by atoms with E-state index in [0.29, 0.717) is 12.3 Å². The minimum Gasteiger partial charge on any atom is -0.341 e. The van der Waals surface area contributed by atoms with Gasteiger partial charge in [0.1, 0.15) is 6.54 Å². The minimum atomic E-state index is -0.0174. The van der Waals surface area contributed by atoms with Crippen molar-refractivity contribution in [3.8, 4) is 0 Å². The summed E-state index contributed by atoms with van der Waals surface area (Å²) in [4.78, 5) is 27.7. The molecular weight excluding hydrogens is 374 g/mol. The highest BCUT2D eigenvalue weighted by atomic mass is 16.2. The summed E-state index contributed by atoms with van der Waals surface area (Å²) in [6.07, 6.45) is 4.29. The molecule has 1 saturated heterocycles. The Balaban J connectivity index is 1.58. The average Bonchev–Trinajstić information content (AvgIpc) is 2.79. The van der Waals surface area contributed by atoms with Crippen LogP contribution in [0.5, 0.6) is 0 Å². The molecule has 0 aliphatic carbocycles. The molecule has 0 radical (unpaired) electrons. The molecule has 0 atom stereocenters. The quantitative estimate of drug-likeness (QED) is 0.618. The summed E-state index contributed by atoms with van der Waals surface area (Å²) in [5, 5.41) is 3.40. The van der Waals surface area contributed by atoms with Crippen molar-refractivity contribution in [2.24, 2.45) is 5.92 Å². The molecule has 0 aromatic heterocycles. The molecule has 1 aliphatic rings. The molecule has 1 heterocycles. The number of likely N-dealkylation sites (tertiary alicyclic amines) is 1. The van der Waals surface area contributed by atoms with Gasteiger partial charge in [0.05, 0.1) is 5.69 Å². The molecule has 2 aromatic rings. The number of piperidine rings is 1. The second-order valence-corrected chi connectivity index (χ2v) is 8.07. The molecule has 1 aliphatic heterocycles. The van der Waals surface area contributed by atoms with Crippen LogP contribution in [0.25, 0.3) is 0 Å². The highest BCUT2D eigenvalue weighted by Crippen LogP contribution is 2.22. The number of hydrazine groups is 1. The molecule has 2 amide bonds. The lowest BCUT2D eigenvalue weighted by Gasteiger charge is -2.37. The minimum absolute atomic E-state index is 0.0174. The van der Waals surface area contributed by atoms with Gasteiger partial charge in [-0.1, -0.05) is 55.5 Å². The summed E-state index contributed by atoms with van der Waals surface area (Å²) < 4.78 is 0. The number of benzene rings is 2. The monoisotopic (exact) mass is 407 g/mol. The first-order valence-corrected chi connectivity index (χ1v) is 11.0. The van der Waals surface area contributed by atoms with Gasteiger partial charge in [0.15, 0.2) is 0 Å². The van der Waals surface area contributed by atoms with Gasteiger partial charge >= 0.3 is 0 Å². The zero-order chi connectivity index (χ0) is 21.3. The van der Waals surface area contributed by atoms with E-state index in [-0.39, 0.29) is 18.4 Å². The van der Waals surface area contributed by atoms with E-state index in [9.17, 15) is 9.59 Å². The fourth-order valence-electron chi connectivity index (χ4n) is 4.05. The normalized spacial score (nSPS) is 14.4. The molecule has 5 heteroatoms. The molecule has 3 rings (SSSR count). The van der Waals surface area contributed by atoms with Gasteiger partial charge in [0, 0.05) is 26.6 Å². The molecule has 0 saturated carbocycles. The number of amides is 2. The summed E-state index contributed by atoms with van der Waals surface area (Å²) >= 11 is 0. The number of rotatable bonds is 8. The van der Waals surface area contributed by atoms with Crippen LogP contribution in [0.3, 0.4) is 0 Å². The van der Waals surface area contributed by atoms with Crippen molar-refractivity contribution in [2.45, 2.75) is 39.0 Å². The van der Waals surface area contributed by atoms with Crippen LogP contribution in [0, 0.1) is 5.92 Å². The largest absolute Gasteiger partial charge is 0.341 e. The molecule has 0 unspecified atom stereocenters. The van der Waals surface area contributed by atoms with Gasteiger partial charge in [-0.3, -0.25) is 14.6 Å². The van der Waals surface area contributed by atoms with E-state index >= 15 is 0 Å². The predicted molar refractivity (Wildman–Crippen MR) is 121 cm³/mol. The lowest BCUT2D eigenvalue weighted by atomic mass is 9.90. The van der Waals surface area contributed by atoms with Crippen LogP contribution >= 0.6 is 0 Å². The molecule has 1 fully saturated rings. The number of hydrogen-bond donors (Lipinski definition) is 0. The third-order valence-electron chi connectivity index (χ3n) is 5.86. The first kappa shape index (κ1) is 21.9. The third-order valence-corrected chi connectivity index (χ3v) is 5.86. The summed E-state index contributed by atoms with van der Waals surface area (Å²) in [5.41, 5.74) is 2.26. The van der Waals surface area contributed by atoms with Crippen molar-refractivity contribution in [1.82, 2.24) is 9.91 Å². The van der Waals surface area contributed by atoms with Gasteiger partial charge in [-0.15, -0.1) is 0 Å². The van der Waals surface area contributed by atoms with Crippen molar-refractivity contribution in [3.63, 3.8) is 0 Å². The lowest BCUT2D eigenvalue weighted by molar-refractivity contribution is -0.141. The number of carbonyl (C=O) groups is 2. The maximum absolute atomic E-state index is 13.0. The Kier molecular flexibility index (Phi) is 7.89. The highest BCUT2D eigenvalue weighted by Gasteiger charge is 2.27. The molecule has 160 valence electrons. The van der Waals surface area contributed by atoms with Crippen molar-refractivity contribution < 1.29 is 9.59 Å². The van der Waals surface area contributed by atoms with E-state index < -0.39 is 0 Å². The Morgan fingerprint density at radius 2 is 1.57 bits per heavy atom. The average molecular weight is 408 g/mol. The van der Waals surface area contributed by atoms with E-state index in [1.165, 1.54) is 5.56 Å². The maximum atomic E-state index is 13.0. The van der Waals surface area contributed by atoms with Gasteiger partial charge < -0.3 is 4.90 Å². The number of anilines is 1. The number of carbonyl (C=O) groups excluding carboxylic acids is 2. The number of hydrogen-bond acceptors (Lipinski definition) is 3. The third kappa shape index (κ3) is 5.85. The van der Waals surface area contributed by atoms with E-state index in [4.69, 9.17) is 0 Å². The van der Waals surface area contributed by atoms with Crippen LogP contribution in [-0.2, 0) is 16.0 Å². The first-order chi connectivity index (χ1) is 14.6. The standard InChI is InChI=1S/C25H33N3O2/c1-3-10-24(29)28(26(2)23-13-8-5-9-14-23)20-25(30)27-17-15-22(16-18-27)19-21-11-6-4-7-12-21/h4-9,11-14,22H,3,10,15-20H2,1-2H3. The summed E-state index contributed by atoms with van der Waals surface area (Å²) in [6.45, 7) is 3.61. The topological polar surface area (TPSA) is 43.9 Å². The van der Waals surface area contributed by atoms with Crippen molar-refractivity contribution >= 4 is 17.5 Å². The number of nitrogens with zero attached hydrogens (tertiary/aromatic N) is 3. The Hall–Kier alpha value is -2.82. The predicted octanol–water partition coefficient (Wildman–Crippen LogP) is 4.15. The molecule has 0 spiro atoms. The van der Waals surface area contributed by atoms with Crippen LogP contribution in [0.1, 0.15) is 38.2 Å². The fourth-order valence-corrected chi connectivity index (χ4v) is 4.05. The van der Waals surface area contributed by atoms with E-state index in [0.717, 1.165) is 44.5 Å². The Morgan fingerprint density at radius 1 is 0.967 bits per heavy atom. The van der Waals surface area contributed by atoms with Gasteiger partial charge in [-0.25, -0.2) is 5.01 Å². The second-order valence-electron chi connectivity index (χ2n) is 8.07. The summed E-state index contributed by atoms with van der Waals surface area (Å²) in [7, 11) is 1.85. The zero-order valence-corrected chi connectivity index (χ0v) is 18.2. The smallest absolute Gasteiger partial charge is 0.244 e. The number of para-hydroxylation sites is 1. The Labute approximate surface area is 180 Å². The highest BCUT2D eigenvalue weighted by molar-refractivity contribution is 5.86. The SMILES string of the molecule is CCCC(=O)N(CC(=O)N1CCC(Cc2ccccc2)CC1)N(C)c1ccccc1. The van der Waals surface area contributed by atoms with Crippen LogP contribution in [0.15, 0.2) is 60.7 Å². The Bertz CT molecular complexity index is 802. The van der Waals surface area contributed by atoms with Crippen LogP contribution in [0.2, 0.25) is 0 Å². The Morgan fingerprint density at radius 3 is 2.17 bits per heavy atom. The second kappa shape index (κ2) is 10.8. The molecular formula is C25H33N3O2. The molecule has 2 aromatic carbocycles. The first-order valence-electron chi connectivity index (χ1n) is 11.0. The fraction of sp³-hybridized carbons (Fsp3) is 0.440. The maximum Gasteiger partial charge on any atom is 0.244 e. The zero-order valence-electron chi connectivity index (χ0n) is 18.2. The molecule has 30 heavy (non-hydrogen) atoms. The van der Waals surface area contributed by atoms with Gasteiger partial charge in [-0.05, 0) is 49.3 Å². The summed E-state index contributed by atoms with van der Waals surface area (Å²) in [5.74, 6) is 0.623. The lowest BCUT2D eigenvalue weighted by Crippen LogP contribution is -2.51. The molecule has 0 N–H and O–H groups in total.